The van der Waals surface area contributed by atoms with Gasteiger partial charge in [0.2, 0.25) is 0 Å². The fourth-order valence-corrected chi connectivity index (χ4v) is 1.37. The topological polar surface area (TPSA) is 12.0 Å². The molecule has 0 aromatic rings. The zero-order chi connectivity index (χ0) is 10.3. The fourth-order valence-electron chi connectivity index (χ4n) is 1.01. The number of hydrogen-bond donors (Lipinski definition) is 1. The van der Waals surface area contributed by atoms with E-state index in [-0.39, 0.29) is 0 Å². The molecule has 1 N–H and O–H groups in total. The van der Waals surface area contributed by atoms with E-state index in [0.29, 0.717) is 5.41 Å². The number of hydrogen-bond acceptors (Lipinski definition) is 2. The molecule has 0 fully saturated rings. The lowest BCUT2D eigenvalue weighted by Crippen LogP contribution is -2.23. The smallest absolute Gasteiger partial charge is 0.00280 e. The van der Waals surface area contributed by atoms with Crippen molar-refractivity contribution in [2.45, 2.75) is 45.8 Å². The van der Waals surface area contributed by atoms with Gasteiger partial charge in [0.05, 0.1) is 0 Å². The van der Waals surface area contributed by atoms with Crippen molar-refractivity contribution in [3.05, 3.63) is 0 Å². The summed E-state index contributed by atoms with van der Waals surface area (Å²) in [7, 11) is 0. The van der Waals surface area contributed by atoms with Crippen LogP contribution in [0.15, 0.2) is 0 Å². The second-order valence-corrected chi connectivity index (χ2v) is 6.17. The van der Waals surface area contributed by atoms with Crippen molar-refractivity contribution in [3.63, 3.8) is 0 Å². The molecule has 0 aromatic heterocycles. The summed E-state index contributed by atoms with van der Waals surface area (Å²) in [6.45, 7) is 11.5. The molecule has 1 unspecified atom stereocenters. The van der Waals surface area contributed by atoms with Crippen LogP contribution < -0.4 is 5.32 Å². The molecule has 13 heavy (non-hydrogen) atoms. The van der Waals surface area contributed by atoms with Gasteiger partial charge in [0.1, 0.15) is 0 Å². The number of thioether (sulfide) groups is 1. The van der Waals surface area contributed by atoms with E-state index >= 15 is 0 Å². The third-order valence-electron chi connectivity index (χ3n) is 2.18. The van der Waals surface area contributed by atoms with E-state index in [1.165, 1.54) is 12.8 Å². The van der Waals surface area contributed by atoms with Crippen molar-refractivity contribution in [2.24, 2.45) is 5.41 Å². The van der Waals surface area contributed by atoms with E-state index in [4.69, 9.17) is 0 Å². The van der Waals surface area contributed by atoms with Crippen LogP contribution in [0, 0.1) is 5.41 Å². The predicted octanol–water partition coefficient (Wildman–Crippen LogP) is 3.15. The van der Waals surface area contributed by atoms with Gasteiger partial charge in [-0.05, 0) is 37.6 Å². The summed E-state index contributed by atoms with van der Waals surface area (Å²) in [6, 6.07) is 0. The normalized spacial score (nSPS) is 14.5. The minimum atomic E-state index is 0.470. The van der Waals surface area contributed by atoms with Crippen molar-refractivity contribution in [2.75, 3.05) is 19.3 Å². The zero-order valence-corrected chi connectivity index (χ0v) is 10.6. The molecule has 0 rings (SSSR count). The van der Waals surface area contributed by atoms with Crippen LogP contribution in [0.3, 0.4) is 0 Å². The largest absolute Gasteiger partial charge is 0.317 e. The van der Waals surface area contributed by atoms with E-state index in [0.717, 1.165) is 18.3 Å². The van der Waals surface area contributed by atoms with Crippen LogP contribution in [0.1, 0.15) is 40.5 Å². The molecule has 0 spiro atoms. The maximum atomic E-state index is 3.49. The minimum absolute atomic E-state index is 0.470. The Morgan fingerprint density at radius 1 is 1.23 bits per heavy atom. The highest BCUT2D eigenvalue weighted by atomic mass is 32.2. The van der Waals surface area contributed by atoms with E-state index in [1.54, 1.807) is 0 Å². The van der Waals surface area contributed by atoms with Gasteiger partial charge in [-0.15, -0.1) is 0 Å². The Balaban J connectivity index is 3.18. The highest BCUT2D eigenvalue weighted by molar-refractivity contribution is 7.99. The van der Waals surface area contributed by atoms with Gasteiger partial charge in [-0.1, -0.05) is 27.7 Å². The molecule has 0 saturated carbocycles. The van der Waals surface area contributed by atoms with Crippen LogP contribution in [-0.2, 0) is 0 Å². The van der Waals surface area contributed by atoms with Crippen LogP contribution in [0.4, 0.5) is 0 Å². The Morgan fingerprint density at radius 2 is 1.85 bits per heavy atom. The number of nitrogens with one attached hydrogen (secondary N) is 1. The molecule has 1 atom stereocenters. The van der Waals surface area contributed by atoms with Crippen molar-refractivity contribution in [1.82, 2.24) is 5.32 Å². The predicted molar refractivity (Wildman–Crippen MR) is 64.5 cm³/mol. The molecule has 0 bridgehead atoms. The molecule has 0 heterocycles. The Hall–Kier alpha value is 0.310. The fraction of sp³-hybridized carbons (Fsp3) is 1.00. The summed E-state index contributed by atoms with van der Waals surface area (Å²) in [5, 5.41) is 4.29. The second kappa shape index (κ2) is 6.72. The first-order valence-electron chi connectivity index (χ1n) is 5.19. The van der Waals surface area contributed by atoms with Gasteiger partial charge in [0, 0.05) is 5.25 Å². The Labute approximate surface area is 88.1 Å². The van der Waals surface area contributed by atoms with Crippen molar-refractivity contribution in [3.8, 4) is 0 Å². The lowest BCUT2D eigenvalue weighted by atomic mass is 9.92. The zero-order valence-electron chi connectivity index (χ0n) is 9.81. The van der Waals surface area contributed by atoms with Gasteiger partial charge in [-0.3, -0.25) is 0 Å². The summed E-state index contributed by atoms with van der Waals surface area (Å²) in [4.78, 5) is 0. The van der Waals surface area contributed by atoms with Gasteiger partial charge in [0.15, 0.2) is 0 Å². The lowest BCUT2D eigenvalue weighted by molar-refractivity contribution is 0.367. The Morgan fingerprint density at radius 3 is 2.31 bits per heavy atom. The summed E-state index contributed by atoms with van der Waals surface area (Å²) >= 11 is 1.95. The Bertz CT molecular complexity index is 118. The van der Waals surface area contributed by atoms with Gasteiger partial charge in [-0.2, -0.15) is 11.8 Å². The summed E-state index contributed by atoms with van der Waals surface area (Å²) < 4.78 is 0. The maximum absolute atomic E-state index is 3.49. The lowest BCUT2D eigenvalue weighted by Gasteiger charge is -2.18. The molecule has 80 valence electrons. The van der Waals surface area contributed by atoms with Gasteiger partial charge >= 0.3 is 0 Å². The SMILES string of the molecule is CSC(C)CCNCCC(C)(C)C. The summed E-state index contributed by atoms with van der Waals surface area (Å²) in [5.41, 5.74) is 0.470. The average molecular weight is 203 g/mol. The quantitative estimate of drug-likeness (QED) is 0.666. The molecule has 0 aliphatic rings. The molecule has 0 amide bonds. The molecule has 0 aliphatic carbocycles. The summed E-state index contributed by atoms with van der Waals surface area (Å²) in [5.74, 6) is 0. The molecule has 2 heteroatoms. The van der Waals surface area contributed by atoms with Crippen LogP contribution >= 0.6 is 11.8 Å². The molecule has 0 saturated heterocycles. The highest BCUT2D eigenvalue weighted by Crippen LogP contribution is 2.17. The van der Waals surface area contributed by atoms with Crippen LogP contribution in [-0.4, -0.2) is 24.6 Å². The van der Waals surface area contributed by atoms with Gasteiger partial charge in [-0.25, -0.2) is 0 Å². The van der Waals surface area contributed by atoms with E-state index in [9.17, 15) is 0 Å². The first kappa shape index (κ1) is 13.3. The highest BCUT2D eigenvalue weighted by Gasteiger charge is 2.08. The van der Waals surface area contributed by atoms with Gasteiger partial charge in [0.25, 0.3) is 0 Å². The molecule has 0 radical (unpaired) electrons. The first-order valence-corrected chi connectivity index (χ1v) is 6.48. The monoisotopic (exact) mass is 203 g/mol. The molecular weight excluding hydrogens is 178 g/mol. The first-order chi connectivity index (χ1) is 5.95. The second-order valence-electron chi connectivity index (χ2n) is 4.90. The van der Waals surface area contributed by atoms with Crippen molar-refractivity contribution < 1.29 is 0 Å². The van der Waals surface area contributed by atoms with Crippen LogP contribution in [0.25, 0.3) is 0 Å². The summed E-state index contributed by atoms with van der Waals surface area (Å²) in [6.07, 6.45) is 4.73. The average Bonchev–Trinajstić information content (AvgIpc) is 2.01. The third kappa shape index (κ3) is 10.2. The van der Waals surface area contributed by atoms with Crippen LogP contribution in [0.5, 0.6) is 0 Å². The molecule has 0 aromatic carbocycles. The molecular formula is C11H25NS. The molecule has 0 aliphatic heterocycles. The van der Waals surface area contributed by atoms with Gasteiger partial charge < -0.3 is 5.32 Å². The van der Waals surface area contributed by atoms with E-state index in [2.05, 4.69) is 39.3 Å². The minimum Gasteiger partial charge on any atom is -0.317 e. The molecule has 1 nitrogen and oxygen atoms in total. The maximum Gasteiger partial charge on any atom is 0.00280 e. The Kier molecular flexibility index (Phi) is 6.88. The standard InChI is InChI=1S/C11H25NS/c1-10(13-5)6-8-12-9-7-11(2,3)4/h10,12H,6-9H2,1-5H3. The third-order valence-corrected chi connectivity index (χ3v) is 3.22. The number of rotatable bonds is 6. The van der Waals surface area contributed by atoms with Crippen molar-refractivity contribution >= 4 is 11.8 Å². The van der Waals surface area contributed by atoms with E-state index < -0.39 is 0 Å². The van der Waals surface area contributed by atoms with E-state index in [1.807, 2.05) is 11.8 Å². The van der Waals surface area contributed by atoms with Crippen LogP contribution in [0.2, 0.25) is 0 Å². The van der Waals surface area contributed by atoms with Crippen molar-refractivity contribution in [1.29, 1.82) is 0 Å².